The summed E-state index contributed by atoms with van der Waals surface area (Å²) in [6, 6.07) is 5.74. The fourth-order valence-corrected chi connectivity index (χ4v) is 4.00. The van der Waals surface area contributed by atoms with Gasteiger partial charge < -0.3 is 15.0 Å². The monoisotopic (exact) mass is 439 g/mol. The summed E-state index contributed by atoms with van der Waals surface area (Å²) in [6.07, 6.45) is 0.318. The smallest absolute Gasteiger partial charge is 0.238 e. The first-order valence-electron chi connectivity index (χ1n) is 10.0. The second kappa shape index (κ2) is 10.3. The number of nitrogens with zero attached hydrogens (tertiary/aromatic N) is 3. The minimum atomic E-state index is -3.75. The summed E-state index contributed by atoms with van der Waals surface area (Å²) in [5.41, 5.74) is 0.519. The Morgan fingerprint density at radius 1 is 0.967 bits per heavy atom. The highest BCUT2D eigenvalue weighted by Crippen LogP contribution is 2.13. The normalized spacial score (nSPS) is 18.9. The first-order chi connectivity index (χ1) is 14.3. The number of primary sulfonamides is 1. The topological polar surface area (TPSA) is 125 Å². The first-order valence-corrected chi connectivity index (χ1v) is 11.6. The lowest BCUT2D eigenvalue weighted by atomic mass is 10.2. The number of benzene rings is 1. The van der Waals surface area contributed by atoms with Crippen LogP contribution in [0, 0.1) is 0 Å². The number of ether oxygens (including phenoxy) is 1. The summed E-state index contributed by atoms with van der Waals surface area (Å²) in [4.78, 5) is 30.8. The number of morpholine rings is 1. The number of sulfonamides is 1. The van der Waals surface area contributed by atoms with Crippen LogP contribution < -0.4 is 10.5 Å². The number of rotatable bonds is 7. The van der Waals surface area contributed by atoms with Crippen LogP contribution in [0.25, 0.3) is 0 Å². The lowest BCUT2D eigenvalue weighted by Crippen LogP contribution is -2.52. The van der Waals surface area contributed by atoms with Crippen LogP contribution in [-0.2, 0) is 24.3 Å². The van der Waals surface area contributed by atoms with Crippen LogP contribution in [0.3, 0.4) is 0 Å². The average molecular weight is 440 g/mol. The Balaban J connectivity index is 1.35. The predicted octanol–water partition coefficient (Wildman–Crippen LogP) is -0.861. The third-order valence-electron chi connectivity index (χ3n) is 5.31. The maximum Gasteiger partial charge on any atom is 0.238 e. The maximum absolute atomic E-state index is 12.4. The van der Waals surface area contributed by atoms with Crippen molar-refractivity contribution in [3.8, 4) is 0 Å². The fraction of sp³-hybridized carbons (Fsp3) is 0.579. The second-order valence-corrected chi connectivity index (χ2v) is 9.04. The van der Waals surface area contributed by atoms with Crippen molar-refractivity contribution in [1.82, 2.24) is 14.7 Å². The molecule has 0 bridgehead atoms. The van der Waals surface area contributed by atoms with Gasteiger partial charge in [-0.3, -0.25) is 19.4 Å². The first kappa shape index (κ1) is 22.6. The van der Waals surface area contributed by atoms with E-state index < -0.39 is 10.0 Å². The number of piperazine rings is 1. The lowest BCUT2D eigenvalue weighted by molar-refractivity contribution is -0.135. The number of nitrogens with two attached hydrogens (primary N) is 1. The summed E-state index contributed by atoms with van der Waals surface area (Å²) in [7, 11) is -3.75. The Morgan fingerprint density at radius 3 is 2.20 bits per heavy atom. The van der Waals surface area contributed by atoms with Gasteiger partial charge in [0, 0.05) is 57.9 Å². The van der Waals surface area contributed by atoms with Crippen molar-refractivity contribution in [3.63, 3.8) is 0 Å². The number of anilines is 1. The van der Waals surface area contributed by atoms with Gasteiger partial charge in [0.2, 0.25) is 21.8 Å². The van der Waals surface area contributed by atoms with E-state index in [9.17, 15) is 18.0 Å². The molecule has 1 aromatic rings. The molecule has 0 saturated carbocycles. The molecule has 10 nitrogen and oxygen atoms in total. The quantitative estimate of drug-likeness (QED) is 0.566. The molecule has 2 aliphatic heterocycles. The Hall–Kier alpha value is -2.05. The summed E-state index contributed by atoms with van der Waals surface area (Å²) in [6.45, 7) is 6.81. The van der Waals surface area contributed by atoms with Crippen LogP contribution in [0.1, 0.15) is 6.42 Å². The standard InChI is InChI=1S/C19H29N5O5S/c20-30(27,28)17-3-1-16(2-4-17)21-18(25)5-6-22-7-9-24(10-8-22)19(26)15-23-11-13-29-14-12-23/h1-4H,5-15H2,(H,21,25)(H2,20,27,28). The number of hydrogen-bond acceptors (Lipinski definition) is 7. The average Bonchev–Trinajstić information content (AvgIpc) is 2.73. The molecular weight excluding hydrogens is 410 g/mol. The highest BCUT2D eigenvalue weighted by Gasteiger charge is 2.23. The van der Waals surface area contributed by atoms with E-state index in [1.54, 1.807) is 0 Å². The van der Waals surface area contributed by atoms with E-state index in [2.05, 4.69) is 15.1 Å². The van der Waals surface area contributed by atoms with Crippen molar-refractivity contribution < 1.29 is 22.7 Å². The minimum Gasteiger partial charge on any atom is -0.379 e. The van der Waals surface area contributed by atoms with Gasteiger partial charge in [-0.15, -0.1) is 0 Å². The van der Waals surface area contributed by atoms with Crippen LogP contribution in [0.4, 0.5) is 5.69 Å². The molecule has 0 spiro atoms. The van der Waals surface area contributed by atoms with Gasteiger partial charge in [-0.2, -0.15) is 0 Å². The maximum atomic E-state index is 12.4. The molecule has 2 heterocycles. The van der Waals surface area contributed by atoms with E-state index >= 15 is 0 Å². The highest BCUT2D eigenvalue weighted by atomic mass is 32.2. The van der Waals surface area contributed by atoms with Crippen LogP contribution >= 0.6 is 0 Å². The molecule has 2 fully saturated rings. The van der Waals surface area contributed by atoms with Crippen molar-refractivity contribution in [2.45, 2.75) is 11.3 Å². The van der Waals surface area contributed by atoms with E-state index in [1.807, 2.05) is 4.90 Å². The predicted molar refractivity (Wildman–Crippen MR) is 111 cm³/mol. The number of carbonyl (C=O) groups is 2. The zero-order valence-electron chi connectivity index (χ0n) is 17.0. The Morgan fingerprint density at radius 2 is 1.60 bits per heavy atom. The van der Waals surface area contributed by atoms with Gasteiger partial charge in [0.1, 0.15) is 0 Å². The summed E-state index contributed by atoms with van der Waals surface area (Å²) < 4.78 is 27.8. The van der Waals surface area contributed by atoms with Gasteiger partial charge in [-0.25, -0.2) is 13.6 Å². The molecule has 11 heteroatoms. The van der Waals surface area contributed by atoms with Crippen molar-refractivity contribution >= 4 is 27.5 Å². The molecule has 3 rings (SSSR count). The molecule has 2 aliphatic rings. The van der Waals surface area contributed by atoms with E-state index in [1.165, 1.54) is 24.3 Å². The van der Waals surface area contributed by atoms with Crippen LogP contribution in [0.15, 0.2) is 29.2 Å². The number of nitrogens with one attached hydrogen (secondary N) is 1. The molecule has 0 radical (unpaired) electrons. The number of amides is 2. The second-order valence-electron chi connectivity index (χ2n) is 7.48. The lowest BCUT2D eigenvalue weighted by Gasteiger charge is -2.36. The van der Waals surface area contributed by atoms with Crippen LogP contribution in [-0.4, -0.2) is 101 Å². The molecule has 0 aliphatic carbocycles. The van der Waals surface area contributed by atoms with Crippen molar-refractivity contribution in [1.29, 1.82) is 0 Å². The summed E-state index contributed by atoms with van der Waals surface area (Å²) >= 11 is 0. The zero-order chi connectivity index (χ0) is 21.6. The van der Waals surface area contributed by atoms with Gasteiger partial charge in [0.25, 0.3) is 0 Å². The summed E-state index contributed by atoms with van der Waals surface area (Å²) in [5, 5.41) is 7.81. The van der Waals surface area contributed by atoms with Gasteiger partial charge >= 0.3 is 0 Å². The molecule has 30 heavy (non-hydrogen) atoms. The van der Waals surface area contributed by atoms with Gasteiger partial charge in [-0.05, 0) is 24.3 Å². The molecule has 1 aromatic carbocycles. The van der Waals surface area contributed by atoms with E-state index in [0.717, 1.165) is 26.2 Å². The molecular formula is C19H29N5O5S. The van der Waals surface area contributed by atoms with Crippen LogP contribution in [0.5, 0.6) is 0 Å². The molecule has 2 amide bonds. The van der Waals surface area contributed by atoms with Crippen molar-refractivity contribution in [2.75, 3.05) is 70.9 Å². The molecule has 166 valence electrons. The Labute approximate surface area is 177 Å². The van der Waals surface area contributed by atoms with Gasteiger partial charge in [0.15, 0.2) is 0 Å². The number of hydrogen-bond donors (Lipinski definition) is 2. The van der Waals surface area contributed by atoms with E-state index in [-0.39, 0.29) is 16.7 Å². The molecule has 0 aromatic heterocycles. The van der Waals surface area contributed by atoms with Crippen molar-refractivity contribution in [2.24, 2.45) is 5.14 Å². The van der Waals surface area contributed by atoms with E-state index in [4.69, 9.17) is 9.88 Å². The third-order valence-corrected chi connectivity index (χ3v) is 6.24. The van der Waals surface area contributed by atoms with Crippen LogP contribution in [0.2, 0.25) is 0 Å². The number of carbonyl (C=O) groups excluding carboxylic acids is 2. The fourth-order valence-electron chi connectivity index (χ4n) is 3.48. The minimum absolute atomic E-state index is 0.00142. The molecule has 3 N–H and O–H groups in total. The van der Waals surface area contributed by atoms with E-state index in [0.29, 0.717) is 51.5 Å². The largest absolute Gasteiger partial charge is 0.379 e. The van der Waals surface area contributed by atoms with Crippen molar-refractivity contribution in [3.05, 3.63) is 24.3 Å². The zero-order valence-corrected chi connectivity index (χ0v) is 17.8. The van der Waals surface area contributed by atoms with Gasteiger partial charge in [0.05, 0.1) is 24.7 Å². The Bertz CT molecular complexity index is 831. The highest BCUT2D eigenvalue weighted by molar-refractivity contribution is 7.89. The molecule has 0 atom stereocenters. The summed E-state index contributed by atoms with van der Waals surface area (Å²) in [5.74, 6) is 0.00131. The third kappa shape index (κ3) is 6.74. The molecule has 0 unspecified atom stereocenters. The van der Waals surface area contributed by atoms with Gasteiger partial charge in [-0.1, -0.05) is 0 Å². The SMILES string of the molecule is NS(=O)(=O)c1ccc(NC(=O)CCN2CCN(C(=O)CN3CCOCC3)CC2)cc1. The Kier molecular flexibility index (Phi) is 7.78. The molecule has 2 saturated heterocycles.